The number of ether oxygens (including phenoxy) is 1. The Kier molecular flexibility index (Phi) is 7.47. The van der Waals surface area contributed by atoms with Crippen molar-refractivity contribution >= 4 is 23.4 Å². The van der Waals surface area contributed by atoms with Gasteiger partial charge in [-0.2, -0.15) is 0 Å². The van der Waals surface area contributed by atoms with Gasteiger partial charge in [0.1, 0.15) is 6.10 Å². The van der Waals surface area contributed by atoms with Crippen LogP contribution < -0.4 is 0 Å². The van der Waals surface area contributed by atoms with Crippen molar-refractivity contribution in [3.05, 3.63) is 47.5 Å². The predicted molar refractivity (Wildman–Crippen MR) is 98.5 cm³/mol. The average Bonchev–Trinajstić information content (AvgIpc) is 2.63. The van der Waals surface area contributed by atoms with E-state index in [-0.39, 0.29) is 18.2 Å². The van der Waals surface area contributed by atoms with E-state index < -0.39 is 6.10 Å². The van der Waals surface area contributed by atoms with Gasteiger partial charge in [0.2, 0.25) is 5.91 Å². The number of hydrogen-bond donors (Lipinski definition) is 0. The maximum atomic E-state index is 12.4. The summed E-state index contributed by atoms with van der Waals surface area (Å²) in [5.74, 6) is 0.0118. The summed E-state index contributed by atoms with van der Waals surface area (Å²) in [6, 6.07) is 7.37. The average molecular weight is 365 g/mol. The fraction of sp³-hybridized carbons (Fsp3) is 0.474. The quantitative estimate of drug-likeness (QED) is 0.552. The zero-order valence-corrected chi connectivity index (χ0v) is 15.4. The first-order chi connectivity index (χ1) is 12.0. The minimum Gasteiger partial charge on any atom is -0.368 e. The number of carbonyl (C=O) groups excluding carboxylic acids is 2. The first kappa shape index (κ1) is 19.5. The Balaban J connectivity index is 1.80. The molecule has 2 amide bonds. The van der Waals surface area contributed by atoms with Crippen LogP contribution in [0, 0.1) is 0 Å². The number of halogens is 1. The zero-order chi connectivity index (χ0) is 18.2. The van der Waals surface area contributed by atoms with E-state index in [0.717, 1.165) is 12.0 Å². The van der Waals surface area contributed by atoms with E-state index in [1.54, 1.807) is 28.9 Å². The highest BCUT2D eigenvalue weighted by Crippen LogP contribution is 2.17. The normalized spacial score (nSPS) is 15.8. The van der Waals surface area contributed by atoms with Crippen LogP contribution in [0.25, 0.3) is 0 Å². The van der Waals surface area contributed by atoms with Crippen molar-refractivity contribution in [3.63, 3.8) is 0 Å². The second kappa shape index (κ2) is 9.59. The van der Waals surface area contributed by atoms with Crippen molar-refractivity contribution in [2.45, 2.75) is 25.9 Å². The minimum absolute atomic E-state index is 0.0257. The SMILES string of the molecule is C=CCCOC(C)C(=O)N1CCN(C(=O)Cc2ccccc2Cl)CC1. The Hall–Kier alpha value is -1.85. The monoisotopic (exact) mass is 364 g/mol. The summed E-state index contributed by atoms with van der Waals surface area (Å²) < 4.78 is 5.51. The molecule has 1 aliphatic heterocycles. The summed E-state index contributed by atoms with van der Waals surface area (Å²) in [6.07, 6.45) is 2.31. The van der Waals surface area contributed by atoms with Crippen LogP contribution in [0.2, 0.25) is 5.02 Å². The first-order valence-electron chi connectivity index (χ1n) is 8.55. The Morgan fingerprint density at radius 2 is 1.88 bits per heavy atom. The molecule has 1 unspecified atom stereocenters. The van der Waals surface area contributed by atoms with Crippen LogP contribution >= 0.6 is 11.6 Å². The summed E-state index contributed by atoms with van der Waals surface area (Å²) >= 11 is 6.12. The highest BCUT2D eigenvalue weighted by atomic mass is 35.5. The molecule has 0 spiro atoms. The number of benzene rings is 1. The molecule has 1 atom stereocenters. The van der Waals surface area contributed by atoms with Crippen LogP contribution in [0.4, 0.5) is 0 Å². The van der Waals surface area contributed by atoms with Gasteiger partial charge in [-0.1, -0.05) is 35.9 Å². The van der Waals surface area contributed by atoms with Gasteiger partial charge in [-0.3, -0.25) is 9.59 Å². The third kappa shape index (κ3) is 5.58. The zero-order valence-electron chi connectivity index (χ0n) is 14.6. The highest BCUT2D eigenvalue weighted by molar-refractivity contribution is 6.31. The van der Waals surface area contributed by atoms with E-state index in [0.29, 0.717) is 37.8 Å². The molecule has 1 fully saturated rings. The molecule has 0 N–H and O–H groups in total. The molecule has 1 saturated heterocycles. The molecule has 25 heavy (non-hydrogen) atoms. The summed E-state index contributed by atoms with van der Waals surface area (Å²) in [7, 11) is 0. The Morgan fingerprint density at radius 1 is 1.24 bits per heavy atom. The number of hydrogen-bond acceptors (Lipinski definition) is 3. The number of carbonyl (C=O) groups is 2. The van der Waals surface area contributed by atoms with Gasteiger partial charge in [0.05, 0.1) is 13.0 Å². The maximum Gasteiger partial charge on any atom is 0.251 e. The number of rotatable bonds is 7. The molecule has 2 rings (SSSR count). The molecule has 136 valence electrons. The number of amides is 2. The fourth-order valence-corrected chi connectivity index (χ4v) is 2.95. The van der Waals surface area contributed by atoms with Crippen LogP contribution in [-0.2, 0) is 20.7 Å². The fourth-order valence-electron chi connectivity index (χ4n) is 2.75. The van der Waals surface area contributed by atoms with E-state index >= 15 is 0 Å². The van der Waals surface area contributed by atoms with Gasteiger partial charge in [-0.05, 0) is 25.0 Å². The lowest BCUT2D eigenvalue weighted by atomic mass is 10.1. The topological polar surface area (TPSA) is 49.9 Å². The van der Waals surface area contributed by atoms with Crippen molar-refractivity contribution < 1.29 is 14.3 Å². The molecule has 1 heterocycles. The van der Waals surface area contributed by atoms with Gasteiger partial charge in [0.15, 0.2) is 0 Å². The van der Waals surface area contributed by atoms with E-state index in [1.807, 2.05) is 18.2 Å². The first-order valence-corrected chi connectivity index (χ1v) is 8.93. The molecular weight excluding hydrogens is 340 g/mol. The van der Waals surface area contributed by atoms with Crippen molar-refractivity contribution in [1.29, 1.82) is 0 Å². The Bertz CT molecular complexity index is 612. The Labute approximate surface area is 154 Å². The van der Waals surface area contributed by atoms with Gasteiger partial charge >= 0.3 is 0 Å². The molecule has 0 radical (unpaired) electrons. The standard InChI is InChI=1S/C19H25ClN2O3/c1-3-4-13-25-15(2)19(24)22-11-9-21(10-12-22)18(23)14-16-7-5-6-8-17(16)20/h3,5-8,15H,1,4,9-14H2,2H3. The molecule has 0 saturated carbocycles. The maximum absolute atomic E-state index is 12.4. The predicted octanol–water partition coefficient (Wildman–Crippen LogP) is 2.53. The highest BCUT2D eigenvalue weighted by Gasteiger charge is 2.27. The van der Waals surface area contributed by atoms with Crippen LogP contribution in [0.5, 0.6) is 0 Å². The van der Waals surface area contributed by atoms with Gasteiger partial charge in [-0.25, -0.2) is 0 Å². The summed E-state index contributed by atoms with van der Waals surface area (Å²) in [4.78, 5) is 28.3. The summed E-state index contributed by atoms with van der Waals surface area (Å²) in [5, 5.41) is 0.607. The smallest absolute Gasteiger partial charge is 0.251 e. The third-order valence-corrected chi connectivity index (χ3v) is 4.65. The molecule has 1 aromatic rings. The summed E-state index contributed by atoms with van der Waals surface area (Å²) in [5.41, 5.74) is 0.830. The van der Waals surface area contributed by atoms with E-state index in [1.165, 1.54) is 0 Å². The van der Waals surface area contributed by atoms with Crippen LogP contribution in [0.15, 0.2) is 36.9 Å². The second-order valence-corrected chi connectivity index (χ2v) is 6.47. The van der Waals surface area contributed by atoms with E-state index in [4.69, 9.17) is 16.3 Å². The lowest BCUT2D eigenvalue weighted by molar-refractivity contribution is -0.147. The van der Waals surface area contributed by atoms with Gasteiger partial charge < -0.3 is 14.5 Å². The lowest BCUT2D eigenvalue weighted by Crippen LogP contribution is -2.53. The van der Waals surface area contributed by atoms with E-state index in [2.05, 4.69) is 6.58 Å². The van der Waals surface area contributed by atoms with E-state index in [9.17, 15) is 9.59 Å². The van der Waals surface area contributed by atoms with Crippen molar-refractivity contribution in [1.82, 2.24) is 9.80 Å². The molecule has 0 aliphatic carbocycles. The van der Waals surface area contributed by atoms with Gasteiger partial charge in [0.25, 0.3) is 5.91 Å². The molecule has 0 bridgehead atoms. The van der Waals surface area contributed by atoms with Crippen LogP contribution in [0.1, 0.15) is 18.9 Å². The molecular formula is C19H25ClN2O3. The third-order valence-electron chi connectivity index (χ3n) is 4.28. The second-order valence-electron chi connectivity index (χ2n) is 6.06. The van der Waals surface area contributed by atoms with Crippen molar-refractivity contribution in [2.24, 2.45) is 0 Å². The molecule has 6 heteroatoms. The molecule has 5 nitrogen and oxygen atoms in total. The molecule has 1 aromatic carbocycles. The van der Waals surface area contributed by atoms with Gasteiger partial charge in [-0.15, -0.1) is 6.58 Å². The molecule has 0 aromatic heterocycles. The lowest BCUT2D eigenvalue weighted by Gasteiger charge is -2.36. The number of piperazine rings is 1. The van der Waals surface area contributed by atoms with Gasteiger partial charge in [0, 0.05) is 31.2 Å². The van der Waals surface area contributed by atoms with Crippen molar-refractivity contribution in [3.8, 4) is 0 Å². The molecule has 1 aliphatic rings. The Morgan fingerprint density at radius 3 is 2.52 bits per heavy atom. The minimum atomic E-state index is -0.467. The summed E-state index contributed by atoms with van der Waals surface area (Å²) in [6.45, 7) is 8.02. The van der Waals surface area contributed by atoms with Crippen LogP contribution in [0.3, 0.4) is 0 Å². The van der Waals surface area contributed by atoms with Crippen molar-refractivity contribution in [2.75, 3.05) is 32.8 Å². The largest absolute Gasteiger partial charge is 0.368 e. The number of nitrogens with zero attached hydrogens (tertiary/aromatic N) is 2. The van der Waals surface area contributed by atoms with Crippen LogP contribution in [-0.4, -0.2) is 60.5 Å².